The van der Waals surface area contributed by atoms with E-state index in [1.54, 1.807) is 17.0 Å². The average Bonchev–Trinajstić information content (AvgIpc) is 3.04. The maximum atomic E-state index is 13.1. The van der Waals surface area contributed by atoms with E-state index in [0.29, 0.717) is 6.54 Å². The lowest BCUT2D eigenvalue weighted by molar-refractivity contribution is -0.118. The van der Waals surface area contributed by atoms with Crippen LogP contribution >= 0.6 is 11.3 Å². The molecule has 0 fully saturated rings. The van der Waals surface area contributed by atoms with Gasteiger partial charge >= 0.3 is 0 Å². The fourth-order valence-corrected chi connectivity index (χ4v) is 3.73. The molecule has 3 rings (SSSR count). The Balaban J connectivity index is 1.81. The third kappa shape index (κ3) is 4.65. The molecule has 0 unspecified atom stereocenters. The van der Waals surface area contributed by atoms with E-state index in [-0.39, 0.29) is 18.1 Å². The number of hydrogen-bond acceptors (Lipinski definition) is 4. The quantitative estimate of drug-likeness (QED) is 0.631. The van der Waals surface area contributed by atoms with Gasteiger partial charge in [-0.1, -0.05) is 35.6 Å². The lowest BCUT2D eigenvalue weighted by Gasteiger charge is -2.21. The number of amides is 1. The number of fused-ring (bicyclic) bond motifs is 1. The van der Waals surface area contributed by atoms with E-state index in [1.165, 1.54) is 23.5 Å². The second-order valence-electron chi connectivity index (χ2n) is 6.47. The van der Waals surface area contributed by atoms with Crippen LogP contribution in [0.15, 0.2) is 48.5 Å². The van der Waals surface area contributed by atoms with Gasteiger partial charge in [0.2, 0.25) is 5.91 Å². The van der Waals surface area contributed by atoms with Crippen LogP contribution < -0.4 is 4.90 Å². The molecule has 0 saturated carbocycles. The summed E-state index contributed by atoms with van der Waals surface area (Å²) in [5, 5.41) is 0.720. The number of para-hydroxylation sites is 1. The molecule has 0 radical (unpaired) electrons. The summed E-state index contributed by atoms with van der Waals surface area (Å²) in [7, 11) is 4.03. The molecular weight excluding hydrogens is 349 g/mol. The molecular formula is C20H22FN3OS. The molecule has 0 spiro atoms. The first-order valence-corrected chi connectivity index (χ1v) is 9.39. The molecule has 6 heteroatoms. The molecule has 26 heavy (non-hydrogen) atoms. The van der Waals surface area contributed by atoms with Crippen molar-refractivity contribution in [3.63, 3.8) is 0 Å². The highest BCUT2D eigenvalue weighted by molar-refractivity contribution is 7.22. The number of thiazole rings is 1. The fourth-order valence-electron chi connectivity index (χ4n) is 2.72. The predicted molar refractivity (Wildman–Crippen MR) is 105 cm³/mol. The van der Waals surface area contributed by atoms with Crippen LogP contribution in [0.4, 0.5) is 9.52 Å². The third-order valence-electron chi connectivity index (χ3n) is 4.07. The number of rotatable bonds is 7. The number of carbonyl (C=O) groups is 1. The van der Waals surface area contributed by atoms with Gasteiger partial charge in [0.05, 0.1) is 16.6 Å². The van der Waals surface area contributed by atoms with Gasteiger partial charge < -0.3 is 4.90 Å². The molecule has 3 aromatic rings. The van der Waals surface area contributed by atoms with Gasteiger partial charge in [-0.05, 0) is 56.9 Å². The number of carbonyl (C=O) groups excluding carboxylic acids is 1. The third-order valence-corrected chi connectivity index (χ3v) is 5.13. The highest BCUT2D eigenvalue weighted by Crippen LogP contribution is 2.29. The largest absolute Gasteiger partial charge is 0.309 e. The second kappa shape index (κ2) is 8.38. The topological polar surface area (TPSA) is 36.4 Å². The maximum absolute atomic E-state index is 13.1. The van der Waals surface area contributed by atoms with Crippen molar-refractivity contribution in [2.24, 2.45) is 0 Å². The van der Waals surface area contributed by atoms with Crippen molar-refractivity contribution >= 4 is 32.6 Å². The van der Waals surface area contributed by atoms with Crippen LogP contribution in [0.25, 0.3) is 10.2 Å². The summed E-state index contributed by atoms with van der Waals surface area (Å²) in [4.78, 5) is 21.4. The van der Waals surface area contributed by atoms with Crippen LogP contribution in [-0.4, -0.2) is 43.0 Å². The van der Waals surface area contributed by atoms with Crippen molar-refractivity contribution in [3.8, 4) is 0 Å². The van der Waals surface area contributed by atoms with Crippen LogP contribution in [-0.2, 0) is 11.2 Å². The Morgan fingerprint density at radius 3 is 2.50 bits per heavy atom. The molecule has 1 aromatic heterocycles. The zero-order valence-corrected chi connectivity index (χ0v) is 15.8. The van der Waals surface area contributed by atoms with Gasteiger partial charge in [0.15, 0.2) is 5.13 Å². The Morgan fingerprint density at radius 1 is 1.08 bits per heavy atom. The molecule has 0 saturated heterocycles. The molecule has 4 nitrogen and oxygen atoms in total. The van der Waals surface area contributed by atoms with E-state index < -0.39 is 0 Å². The lowest BCUT2D eigenvalue weighted by Crippen LogP contribution is -2.34. The first-order chi connectivity index (χ1) is 12.5. The summed E-state index contributed by atoms with van der Waals surface area (Å²) < 4.78 is 14.2. The summed E-state index contributed by atoms with van der Waals surface area (Å²) in [5.41, 5.74) is 1.70. The Morgan fingerprint density at radius 2 is 1.81 bits per heavy atom. The molecule has 0 N–H and O–H groups in total. The zero-order valence-electron chi connectivity index (χ0n) is 15.0. The summed E-state index contributed by atoms with van der Waals surface area (Å²) in [6.45, 7) is 1.50. The van der Waals surface area contributed by atoms with Gasteiger partial charge in [0.1, 0.15) is 5.82 Å². The van der Waals surface area contributed by atoms with Gasteiger partial charge in [-0.2, -0.15) is 0 Å². The van der Waals surface area contributed by atoms with Crippen molar-refractivity contribution in [2.75, 3.05) is 32.1 Å². The minimum atomic E-state index is -0.296. The van der Waals surface area contributed by atoms with Gasteiger partial charge in [-0.3, -0.25) is 9.69 Å². The monoisotopic (exact) mass is 371 g/mol. The first kappa shape index (κ1) is 18.5. The van der Waals surface area contributed by atoms with Gasteiger partial charge in [-0.25, -0.2) is 9.37 Å². The molecule has 1 amide bonds. The van der Waals surface area contributed by atoms with E-state index in [0.717, 1.165) is 33.9 Å². The predicted octanol–water partition coefficient (Wildman–Crippen LogP) is 3.96. The van der Waals surface area contributed by atoms with Crippen LogP contribution in [0, 0.1) is 5.82 Å². The van der Waals surface area contributed by atoms with Gasteiger partial charge in [0.25, 0.3) is 0 Å². The molecule has 136 valence electrons. The van der Waals surface area contributed by atoms with E-state index in [2.05, 4.69) is 9.88 Å². The highest BCUT2D eigenvalue weighted by Gasteiger charge is 2.20. The van der Waals surface area contributed by atoms with Crippen molar-refractivity contribution in [1.29, 1.82) is 0 Å². The van der Waals surface area contributed by atoms with Crippen molar-refractivity contribution in [2.45, 2.75) is 12.8 Å². The first-order valence-electron chi connectivity index (χ1n) is 8.58. The van der Waals surface area contributed by atoms with E-state index >= 15 is 0 Å². The Labute approximate surface area is 156 Å². The number of halogens is 1. The van der Waals surface area contributed by atoms with Crippen LogP contribution in [0.3, 0.4) is 0 Å². The highest BCUT2D eigenvalue weighted by atomic mass is 32.1. The van der Waals surface area contributed by atoms with Crippen molar-refractivity contribution < 1.29 is 9.18 Å². The number of aromatic nitrogens is 1. The normalized spacial score (nSPS) is 11.2. The summed E-state index contributed by atoms with van der Waals surface area (Å²) >= 11 is 1.53. The Bertz CT molecular complexity index is 843. The second-order valence-corrected chi connectivity index (χ2v) is 7.48. The molecule has 0 bridgehead atoms. The Hall–Kier alpha value is -2.31. The summed E-state index contributed by atoms with van der Waals surface area (Å²) in [6, 6.07) is 14.0. The van der Waals surface area contributed by atoms with Gasteiger partial charge in [0, 0.05) is 6.54 Å². The minimum Gasteiger partial charge on any atom is -0.309 e. The van der Waals surface area contributed by atoms with Crippen LogP contribution in [0.5, 0.6) is 0 Å². The molecule has 0 aliphatic heterocycles. The SMILES string of the molecule is CN(C)CCCN(C(=O)Cc1ccc(F)cc1)c1nc2ccccc2s1. The lowest BCUT2D eigenvalue weighted by atomic mass is 10.1. The maximum Gasteiger partial charge on any atom is 0.233 e. The van der Waals surface area contributed by atoms with E-state index in [4.69, 9.17) is 0 Å². The van der Waals surface area contributed by atoms with Crippen LogP contribution in [0.2, 0.25) is 0 Å². The zero-order chi connectivity index (χ0) is 18.5. The minimum absolute atomic E-state index is 0.0191. The molecule has 1 heterocycles. The molecule has 0 atom stereocenters. The van der Waals surface area contributed by atoms with Gasteiger partial charge in [-0.15, -0.1) is 0 Å². The number of benzene rings is 2. The molecule has 0 aliphatic carbocycles. The summed E-state index contributed by atoms with van der Waals surface area (Å²) in [5.74, 6) is -0.315. The average molecular weight is 371 g/mol. The smallest absolute Gasteiger partial charge is 0.233 e. The number of anilines is 1. The fraction of sp³-hybridized carbons (Fsp3) is 0.300. The van der Waals surface area contributed by atoms with Crippen molar-refractivity contribution in [3.05, 3.63) is 59.9 Å². The summed E-state index contributed by atoms with van der Waals surface area (Å²) in [6.07, 6.45) is 1.09. The molecule has 0 aliphatic rings. The number of hydrogen-bond donors (Lipinski definition) is 0. The van der Waals surface area contributed by atoms with E-state index in [1.807, 2.05) is 38.4 Å². The Kier molecular flexibility index (Phi) is 5.96. The number of nitrogens with zero attached hydrogens (tertiary/aromatic N) is 3. The van der Waals surface area contributed by atoms with Crippen molar-refractivity contribution in [1.82, 2.24) is 9.88 Å². The molecule has 2 aromatic carbocycles. The standard InChI is InChI=1S/C20H22FN3OS/c1-23(2)12-5-13-24(19(25)14-15-8-10-16(21)11-9-15)20-22-17-6-3-4-7-18(17)26-20/h3-4,6-11H,5,12-14H2,1-2H3. The van der Waals surface area contributed by atoms with E-state index in [9.17, 15) is 9.18 Å². The van der Waals surface area contributed by atoms with Crippen LogP contribution in [0.1, 0.15) is 12.0 Å².